The van der Waals surface area contributed by atoms with Gasteiger partial charge >= 0.3 is 0 Å². The molecule has 1 aromatic rings. The van der Waals surface area contributed by atoms with Crippen LogP contribution in [0.4, 0.5) is 0 Å². The third kappa shape index (κ3) is 7.14. The quantitative estimate of drug-likeness (QED) is 0.392. The summed E-state index contributed by atoms with van der Waals surface area (Å²) in [5.74, 6) is 0.737. The van der Waals surface area contributed by atoms with E-state index in [2.05, 4.69) is 27.8 Å². The predicted octanol–water partition coefficient (Wildman–Crippen LogP) is 4.67. The second-order valence-corrected chi connectivity index (χ2v) is 4.98. The molecule has 0 spiro atoms. The number of halogens is 1. The van der Waals surface area contributed by atoms with Crippen LogP contribution in [0.5, 0.6) is 5.75 Å². The zero-order valence-corrected chi connectivity index (χ0v) is 13.5. The van der Waals surface area contributed by atoms with E-state index in [1.807, 2.05) is 37.3 Å². The molecule has 4 heteroatoms. The molecule has 0 amide bonds. The van der Waals surface area contributed by atoms with Gasteiger partial charge in [-0.3, -0.25) is 4.98 Å². The molecule has 0 saturated carbocycles. The number of nitrogens with zero attached hydrogens (tertiary/aromatic N) is 1. The van der Waals surface area contributed by atoms with Crippen molar-refractivity contribution in [3.8, 4) is 5.75 Å². The van der Waals surface area contributed by atoms with Gasteiger partial charge in [-0.05, 0) is 47.0 Å². The van der Waals surface area contributed by atoms with Gasteiger partial charge in [0.25, 0.3) is 0 Å². The molecule has 0 bridgehead atoms. The fraction of sp³-hybridized carbons (Fsp3) is 0.312. The maximum Gasteiger partial charge on any atom is 0.139 e. The molecule has 0 atom stereocenters. The molecule has 0 aliphatic carbocycles. The van der Waals surface area contributed by atoms with Crippen molar-refractivity contribution in [2.45, 2.75) is 20.3 Å². The average molecular weight is 338 g/mol. The van der Waals surface area contributed by atoms with Crippen molar-refractivity contribution >= 4 is 15.9 Å². The maximum atomic E-state index is 5.69. The van der Waals surface area contributed by atoms with E-state index in [1.165, 1.54) is 0 Å². The Morgan fingerprint density at radius 2 is 2.25 bits per heavy atom. The molecule has 1 heterocycles. The first-order valence-electron chi connectivity index (χ1n) is 6.59. The monoisotopic (exact) mass is 337 g/mol. The molecule has 0 unspecified atom stereocenters. The summed E-state index contributed by atoms with van der Waals surface area (Å²) in [7, 11) is 0. The number of allylic oxidation sites excluding steroid dienone is 3. The van der Waals surface area contributed by atoms with E-state index < -0.39 is 0 Å². The Hall–Kier alpha value is -1.55. The molecule has 0 radical (unpaired) electrons. The highest BCUT2D eigenvalue weighted by molar-refractivity contribution is 9.10. The number of pyridine rings is 1. The van der Waals surface area contributed by atoms with Gasteiger partial charge in [0, 0.05) is 10.7 Å². The molecule has 0 aliphatic heterocycles. The van der Waals surface area contributed by atoms with Gasteiger partial charge in [-0.1, -0.05) is 25.2 Å². The first kappa shape index (κ1) is 16.5. The smallest absolute Gasteiger partial charge is 0.139 e. The first-order chi connectivity index (χ1) is 9.76. The Kier molecular flexibility index (Phi) is 8.47. The highest BCUT2D eigenvalue weighted by Gasteiger charge is 1.97. The molecule has 3 nitrogen and oxygen atoms in total. The van der Waals surface area contributed by atoms with E-state index in [0.717, 1.165) is 28.8 Å². The summed E-state index contributed by atoms with van der Waals surface area (Å²) >= 11 is 3.37. The van der Waals surface area contributed by atoms with Gasteiger partial charge in [-0.25, -0.2) is 0 Å². The lowest BCUT2D eigenvalue weighted by molar-refractivity contribution is 0.250. The Morgan fingerprint density at radius 1 is 1.40 bits per heavy atom. The van der Waals surface area contributed by atoms with Gasteiger partial charge in [0.15, 0.2) is 0 Å². The lowest BCUT2D eigenvalue weighted by Crippen LogP contribution is -1.99. The third-order valence-corrected chi connectivity index (χ3v) is 2.71. The minimum Gasteiger partial charge on any atom is -0.501 e. The van der Waals surface area contributed by atoms with Crippen molar-refractivity contribution in [1.29, 1.82) is 0 Å². The highest BCUT2D eigenvalue weighted by Crippen LogP contribution is 2.16. The van der Waals surface area contributed by atoms with Crippen LogP contribution in [0.1, 0.15) is 20.3 Å². The molecular weight excluding hydrogens is 318 g/mol. The van der Waals surface area contributed by atoms with Gasteiger partial charge in [-0.15, -0.1) is 0 Å². The second kappa shape index (κ2) is 10.3. The van der Waals surface area contributed by atoms with Crippen LogP contribution in [0.15, 0.2) is 59.1 Å². The molecule has 0 saturated heterocycles. The number of aromatic nitrogens is 1. The Morgan fingerprint density at radius 3 is 2.95 bits per heavy atom. The summed E-state index contributed by atoms with van der Waals surface area (Å²) in [6.07, 6.45) is 14.0. The van der Waals surface area contributed by atoms with E-state index in [4.69, 9.17) is 9.47 Å². The highest BCUT2D eigenvalue weighted by atomic mass is 79.9. The SMILES string of the molecule is C\C=C/C(=C\C=C\OCCC)COc1cncc(Br)c1. The van der Waals surface area contributed by atoms with Crippen molar-refractivity contribution in [2.24, 2.45) is 0 Å². The summed E-state index contributed by atoms with van der Waals surface area (Å²) in [6.45, 7) is 5.28. The molecule has 1 aromatic heterocycles. The fourth-order valence-corrected chi connectivity index (χ4v) is 1.75. The Bertz CT molecular complexity index is 481. The van der Waals surface area contributed by atoms with Gasteiger partial charge < -0.3 is 9.47 Å². The van der Waals surface area contributed by atoms with Crippen LogP contribution in [0, 0.1) is 0 Å². The van der Waals surface area contributed by atoms with Crippen LogP contribution in [-0.4, -0.2) is 18.2 Å². The van der Waals surface area contributed by atoms with Gasteiger partial charge in [0.2, 0.25) is 0 Å². The van der Waals surface area contributed by atoms with E-state index in [0.29, 0.717) is 6.61 Å². The number of rotatable bonds is 8. The van der Waals surface area contributed by atoms with Crippen molar-refractivity contribution in [3.05, 3.63) is 59.1 Å². The predicted molar refractivity (Wildman–Crippen MR) is 85.7 cm³/mol. The molecule has 0 fully saturated rings. The maximum absolute atomic E-state index is 5.69. The fourth-order valence-electron chi connectivity index (χ4n) is 1.41. The minimum absolute atomic E-state index is 0.487. The first-order valence-corrected chi connectivity index (χ1v) is 7.39. The molecular formula is C16H20BrNO2. The van der Waals surface area contributed by atoms with Crippen molar-refractivity contribution in [3.63, 3.8) is 0 Å². The van der Waals surface area contributed by atoms with E-state index in [-0.39, 0.29) is 0 Å². The number of ether oxygens (including phenoxy) is 2. The second-order valence-electron chi connectivity index (χ2n) is 4.07. The Labute approximate surface area is 129 Å². The number of hydrogen-bond acceptors (Lipinski definition) is 3. The van der Waals surface area contributed by atoms with Crippen LogP contribution in [0.25, 0.3) is 0 Å². The molecule has 20 heavy (non-hydrogen) atoms. The molecule has 108 valence electrons. The van der Waals surface area contributed by atoms with Gasteiger partial charge in [0.1, 0.15) is 12.4 Å². The largest absolute Gasteiger partial charge is 0.501 e. The summed E-state index contributed by atoms with van der Waals surface area (Å²) in [5, 5.41) is 0. The van der Waals surface area contributed by atoms with E-state index >= 15 is 0 Å². The van der Waals surface area contributed by atoms with Crippen molar-refractivity contribution < 1.29 is 9.47 Å². The molecule has 0 aromatic carbocycles. The normalized spacial score (nSPS) is 12.2. The lowest BCUT2D eigenvalue weighted by atomic mass is 10.2. The van der Waals surface area contributed by atoms with Crippen LogP contribution in [0.3, 0.4) is 0 Å². The zero-order chi connectivity index (χ0) is 14.6. The van der Waals surface area contributed by atoms with E-state index in [1.54, 1.807) is 18.7 Å². The summed E-state index contributed by atoms with van der Waals surface area (Å²) in [6, 6.07) is 1.89. The van der Waals surface area contributed by atoms with Crippen molar-refractivity contribution in [1.82, 2.24) is 4.98 Å². The third-order valence-electron chi connectivity index (χ3n) is 2.27. The van der Waals surface area contributed by atoms with Gasteiger partial charge in [0.05, 0.1) is 19.1 Å². The van der Waals surface area contributed by atoms with Crippen LogP contribution < -0.4 is 4.74 Å². The molecule has 0 N–H and O–H groups in total. The van der Waals surface area contributed by atoms with Crippen LogP contribution >= 0.6 is 15.9 Å². The molecule has 0 aliphatic rings. The summed E-state index contributed by atoms with van der Waals surface area (Å²) in [5.41, 5.74) is 1.06. The average Bonchev–Trinajstić information content (AvgIpc) is 2.44. The topological polar surface area (TPSA) is 31.4 Å². The van der Waals surface area contributed by atoms with Gasteiger partial charge in [-0.2, -0.15) is 0 Å². The summed E-state index contributed by atoms with van der Waals surface area (Å²) in [4.78, 5) is 4.06. The Balaban J connectivity index is 2.54. The summed E-state index contributed by atoms with van der Waals surface area (Å²) < 4.78 is 11.9. The van der Waals surface area contributed by atoms with Crippen LogP contribution in [0.2, 0.25) is 0 Å². The zero-order valence-electron chi connectivity index (χ0n) is 11.9. The standard InChI is InChI=1S/C16H20BrNO2/c1-3-6-14(7-5-9-19-8-4-2)13-20-16-10-15(17)11-18-12-16/h3,5-7,9-12H,4,8,13H2,1-2H3/b6-3-,9-5+,14-7+. The minimum atomic E-state index is 0.487. The lowest BCUT2D eigenvalue weighted by Gasteiger charge is -2.06. The van der Waals surface area contributed by atoms with Crippen molar-refractivity contribution in [2.75, 3.05) is 13.2 Å². The van der Waals surface area contributed by atoms with E-state index in [9.17, 15) is 0 Å². The number of hydrogen-bond donors (Lipinski definition) is 0. The van der Waals surface area contributed by atoms with Crippen LogP contribution in [-0.2, 0) is 4.74 Å². The molecule has 1 rings (SSSR count).